The summed E-state index contributed by atoms with van der Waals surface area (Å²) < 4.78 is 1.79. The maximum atomic E-state index is 4.40. The first-order chi connectivity index (χ1) is 12.4. The second kappa shape index (κ2) is 9.36. The van der Waals surface area contributed by atoms with E-state index in [9.17, 15) is 0 Å². The normalized spacial score (nSPS) is 12.3. The molecule has 0 bridgehead atoms. The van der Waals surface area contributed by atoms with Crippen LogP contribution in [0.25, 0.3) is 0 Å². The summed E-state index contributed by atoms with van der Waals surface area (Å²) in [7, 11) is 5.74. The number of aromatic nitrogens is 3. The van der Waals surface area contributed by atoms with Gasteiger partial charge in [-0.05, 0) is 30.2 Å². The second-order valence-corrected chi connectivity index (χ2v) is 7.56. The summed E-state index contributed by atoms with van der Waals surface area (Å²) in [4.78, 5) is 10.8. The molecule has 2 aromatic rings. The maximum Gasteiger partial charge on any atom is 0.193 e. The largest absolute Gasteiger partial charge is 0.356 e. The Morgan fingerprint density at radius 2 is 2.00 bits per heavy atom. The molecule has 0 aliphatic rings. The van der Waals surface area contributed by atoms with Gasteiger partial charge in [0.05, 0.1) is 6.54 Å². The molecule has 142 valence electrons. The molecular formula is C20H32N6. The van der Waals surface area contributed by atoms with E-state index in [1.165, 1.54) is 18.4 Å². The van der Waals surface area contributed by atoms with Gasteiger partial charge in [0.2, 0.25) is 0 Å². The molecule has 26 heavy (non-hydrogen) atoms. The number of aliphatic imine (C=N–C) groups is 1. The lowest BCUT2D eigenvalue weighted by atomic mass is 9.86. The molecule has 0 fully saturated rings. The van der Waals surface area contributed by atoms with Gasteiger partial charge >= 0.3 is 0 Å². The number of benzene rings is 1. The minimum atomic E-state index is 0.205. The first-order valence-electron chi connectivity index (χ1n) is 9.20. The SMILES string of the molecule is CN=C(NCC(C)(C)CCCc1ccccc1)N(C)Cc1ncnn1C. The van der Waals surface area contributed by atoms with Crippen molar-refractivity contribution < 1.29 is 0 Å². The van der Waals surface area contributed by atoms with Gasteiger partial charge < -0.3 is 10.2 Å². The molecule has 0 aliphatic carbocycles. The van der Waals surface area contributed by atoms with Crippen LogP contribution in [-0.4, -0.2) is 46.3 Å². The van der Waals surface area contributed by atoms with Crippen molar-refractivity contribution in [2.75, 3.05) is 20.6 Å². The van der Waals surface area contributed by atoms with Crippen LogP contribution in [0, 0.1) is 5.41 Å². The van der Waals surface area contributed by atoms with Crippen LogP contribution in [0.2, 0.25) is 0 Å². The highest BCUT2D eigenvalue weighted by Crippen LogP contribution is 2.22. The summed E-state index contributed by atoms with van der Waals surface area (Å²) in [6.07, 6.45) is 5.06. The van der Waals surface area contributed by atoms with Crippen LogP contribution in [0.15, 0.2) is 41.7 Å². The van der Waals surface area contributed by atoms with Crippen molar-refractivity contribution >= 4 is 5.96 Å². The average molecular weight is 357 g/mol. The Balaban J connectivity index is 1.79. The molecule has 1 aromatic heterocycles. The fraction of sp³-hybridized carbons (Fsp3) is 0.550. The van der Waals surface area contributed by atoms with Crippen molar-refractivity contribution in [3.8, 4) is 0 Å². The quantitative estimate of drug-likeness (QED) is 0.584. The summed E-state index contributed by atoms with van der Waals surface area (Å²) in [5, 5.41) is 7.63. The predicted octanol–water partition coefficient (Wildman–Crippen LogP) is 2.87. The third kappa shape index (κ3) is 6.17. The van der Waals surface area contributed by atoms with Crippen molar-refractivity contribution in [2.24, 2.45) is 17.5 Å². The fourth-order valence-electron chi connectivity index (χ4n) is 2.96. The topological polar surface area (TPSA) is 58.3 Å². The summed E-state index contributed by atoms with van der Waals surface area (Å²) in [6.45, 7) is 6.17. The van der Waals surface area contributed by atoms with Crippen LogP contribution in [0.3, 0.4) is 0 Å². The molecular weight excluding hydrogens is 324 g/mol. The van der Waals surface area contributed by atoms with E-state index in [-0.39, 0.29) is 5.41 Å². The van der Waals surface area contributed by atoms with Gasteiger partial charge in [-0.3, -0.25) is 9.67 Å². The summed E-state index contributed by atoms with van der Waals surface area (Å²) in [6, 6.07) is 10.7. The number of nitrogens with one attached hydrogen (secondary N) is 1. The molecule has 0 aliphatic heterocycles. The zero-order valence-corrected chi connectivity index (χ0v) is 16.7. The molecule has 0 saturated carbocycles. The lowest BCUT2D eigenvalue weighted by molar-refractivity contribution is 0.316. The van der Waals surface area contributed by atoms with Crippen molar-refractivity contribution in [1.82, 2.24) is 25.0 Å². The summed E-state index contributed by atoms with van der Waals surface area (Å²) in [5.74, 6) is 1.79. The van der Waals surface area contributed by atoms with Crippen molar-refractivity contribution in [2.45, 2.75) is 39.7 Å². The van der Waals surface area contributed by atoms with E-state index in [1.807, 2.05) is 21.1 Å². The monoisotopic (exact) mass is 356 g/mol. The highest BCUT2D eigenvalue weighted by molar-refractivity contribution is 5.79. The number of guanidine groups is 1. The Bertz CT molecular complexity index is 689. The van der Waals surface area contributed by atoms with Gasteiger partial charge in [0.1, 0.15) is 12.2 Å². The van der Waals surface area contributed by atoms with Gasteiger partial charge in [-0.1, -0.05) is 44.2 Å². The highest BCUT2D eigenvalue weighted by atomic mass is 15.4. The summed E-state index contributed by atoms with van der Waals surface area (Å²) >= 11 is 0. The van der Waals surface area contributed by atoms with Gasteiger partial charge in [0.15, 0.2) is 5.96 Å². The van der Waals surface area contributed by atoms with Gasteiger partial charge in [0.25, 0.3) is 0 Å². The van der Waals surface area contributed by atoms with Crippen LogP contribution in [-0.2, 0) is 20.0 Å². The molecule has 0 amide bonds. The van der Waals surface area contributed by atoms with Crippen LogP contribution in [0.1, 0.15) is 38.1 Å². The fourth-order valence-corrected chi connectivity index (χ4v) is 2.96. The zero-order valence-electron chi connectivity index (χ0n) is 16.7. The minimum Gasteiger partial charge on any atom is -0.356 e. The molecule has 2 rings (SSSR count). The zero-order chi connectivity index (χ0) is 19.0. The lowest BCUT2D eigenvalue weighted by Crippen LogP contribution is -2.43. The number of hydrogen-bond donors (Lipinski definition) is 1. The molecule has 0 radical (unpaired) electrons. The third-order valence-corrected chi connectivity index (χ3v) is 4.64. The molecule has 6 heteroatoms. The Morgan fingerprint density at radius 1 is 1.27 bits per heavy atom. The highest BCUT2D eigenvalue weighted by Gasteiger charge is 2.19. The smallest absolute Gasteiger partial charge is 0.193 e. The van der Waals surface area contributed by atoms with E-state index in [0.29, 0.717) is 6.54 Å². The minimum absolute atomic E-state index is 0.205. The van der Waals surface area contributed by atoms with Crippen molar-refractivity contribution in [1.29, 1.82) is 0 Å². The average Bonchev–Trinajstić information content (AvgIpc) is 3.01. The molecule has 0 saturated heterocycles. The van der Waals surface area contributed by atoms with Crippen LogP contribution in [0.5, 0.6) is 0 Å². The van der Waals surface area contributed by atoms with Crippen molar-refractivity contribution in [3.63, 3.8) is 0 Å². The third-order valence-electron chi connectivity index (χ3n) is 4.64. The molecule has 0 spiro atoms. The maximum absolute atomic E-state index is 4.40. The molecule has 0 unspecified atom stereocenters. The number of hydrogen-bond acceptors (Lipinski definition) is 3. The number of nitrogens with zero attached hydrogens (tertiary/aromatic N) is 5. The van der Waals surface area contributed by atoms with E-state index in [1.54, 1.807) is 11.0 Å². The molecule has 0 atom stereocenters. The summed E-state index contributed by atoms with van der Waals surface area (Å²) in [5.41, 5.74) is 1.62. The Morgan fingerprint density at radius 3 is 2.62 bits per heavy atom. The van der Waals surface area contributed by atoms with Crippen molar-refractivity contribution in [3.05, 3.63) is 48.0 Å². The standard InChI is InChI=1S/C20H32N6/c1-20(2,13-9-12-17-10-7-6-8-11-17)15-22-19(21-3)25(4)14-18-23-16-24-26(18)5/h6-8,10-11,16H,9,12-15H2,1-5H3,(H,21,22). The Hall–Kier alpha value is -2.37. The Labute approximate surface area is 157 Å². The molecule has 1 N–H and O–H groups in total. The van der Waals surface area contributed by atoms with Gasteiger partial charge in [-0.25, -0.2) is 4.98 Å². The van der Waals surface area contributed by atoms with E-state index in [4.69, 9.17) is 0 Å². The first kappa shape index (κ1) is 19.9. The van der Waals surface area contributed by atoms with E-state index in [2.05, 4.69) is 69.5 Å². The number of rotatable bonds is 8. The lowest BCUT2D eigenvalue weighted by Gasteiger charge is -2.28. The van der Waals surface area contributed by atoms with Crippen LogP contribution < -0.4 is 5.32 Å². The van der Waals surface area contributed by atoms with Gasteiger partial charge in [0, 0.05) is 27.7 Å². The van der Waals surface area contributed by atoms with Crippen LogP contribution >= 0.6 is 0 Å². The van der Waals surface area contributed by atoms with Crippen LogP contribution in [0.4, 0.5) is 0 Å². The second-order valence-electron chi connectivity index (χ2n) is 7.56. The number of aryl methyl sites for hydroxylation is 2. The first-order valence-corrected chi connectivity index (χ1v) is 9.20. The van der Waals surface area contributed by atoms with Gasteiger partial charge in [-0.2, -0.15) is 5.10 Å². The van der Waals surface area contributed by atoms with E-state index in [0.717, 1.165) is 24.7 Å². The van der Waals surface area contributed by atoms with E-state index >= 15 is 0 Å². The predicted molar refractivity (Wildman–Crippen MR) is 107 cm³/mol. The molecule has 1 heterocycles. The van der Waals surface area contributed by atoms with Gasteiger partial charge in [-0.15, -0.1) is 0 Å². The molecule has 1 aromatic carbocycles. The van der Waals surface area contributed by atoms with E-state index < -0.39 is 0 Å². The Kier molecular flexibility index (Phi) is 7.18. The molecule has 6 nitrogen and oxygen atoms in total.